The van der Waals surface area contributed by atoms with Crippen LogP contribution in [0.2, 0.25) is 0 Å². The maximum atomic E-state index is 11.7. The third-order valence-electron chi connectivity index (χ3n) is 2.04. The predicted octanol–water partition coefficient (Wildman–Crippen LogP) is 0.823. The number of aliphatic hydroxyl groups is 1. The molecule has 0 unspecified atom stereocenters. The Hall–Kier alpha value is -1.32. The van der Waals surface area contributed by atoms with Gasteiger partial charge in [0.1, 0.15) is 4.47 Å². The molecule has 0 aliphatic carbocycles. The molecule has 0 aliphatic rings. The molecule has 0 atom stereocenters. The highest BCUT2D eigenvalue weighted by atomic mass is 79.9. The Labute approximate surface area is 108 Å². The zero-order chi connectivity index (χ0) is 12.7. The largest absolute Gasteiger partial charge is 0.394 e. The smallest absolute Gasteiger partial charge is 0.283 e. The van der Waals surface area contributed by atoms with Crippen molar-refractivity contribution in [2.24, 2.45) is 0 Å². The topological polar surface area (TPSA) is 67.2 Å². The van der Waals surface area contributed by atoms with Gasteiger partial charge in [0.2, 0.25) is 0 Å². The summed E-state index contributed by atoms with van der Waals surface area (Å²) in [5.74, 6) is 5.71. The summed E-state index contributed by atoms with van der Waals surface area (Å²) in [5.41, 5.74) is 0.382. The van der Waals surface area contributed by atoms with Crippen LogP contribution in [0.25, 0.3) is 0 Å². The van der Waals surface area contributed by atoms with E-state index in [1.165, 1.54) is 4.68 Å². The summed E-state index contributed by atoms with van der Waals surface area (Å²) in [6.07, 6.45) is 2.27. The molecular weight excluding hydrogens is 286 g/mol. The van der Waals surface area contributed by atoms with E-state index in [1.54, 1.807) is 13.1 Å². The molecule has 0 amide bonds. The molecule has 5 nitrogen and oxygen atoms in total. The Morgan fingerprint density at radius 2 is 2.41 bits per heavy atom. The molecule has 6 heteroatoms. The number of hydrogen-bond acceptors (Lipinski definition) is 4. The van der Waals surface area contributed by atoms with Crippen LogP contribution >= 0.6 is 15.9 Å². The number of hydrogen-bond donors (Lipinski definition) is 2. The van der Waals surface area contributed by atoms with E-state index in [2.05, 4.69) is 38.2 Å². The Kier molecular flexibility index (Phi) is 5.73. The molecule has 1 heterocycles. The minimum absolute atomic E-state index is 0.113. The van der Waals surface area contributed by atoms with Crippen molar-refractivity contribution in [2.75, 3.05) is 18.5 Å². The molecule has 0 saturated carbocycles. The summed E-state index contributed by atoms with van der Waals surface area (Å²) in [6.45, 7) is 2.52. The quantitative estimate of drug-likeness (QED) is 0.624. The number of nitrogens with zero attached hydrogens (tertiary/aromatic N) is 2. The number of aliphatic hydroxyl groups excluding tert-OH is 1. The van der Waals surface area contributed by atoms with Crippen LogP contribution < -0.4 is 10.9 Å². The highest BCUT2D eigenvalue weighted by molar-refractivity contribution is 9.10. The average molecular weight is 300 g/mol. The number of nitrogens with one attached hydrogen (secondary N) is 1. The van der Waals surface area contributed by atoms with Gasteiger partial charge in [0.05, 0.1) is 25.0 Å². The first kappa shape index (κ1) is 13.7. The lowest BCUT2D eigenvalue weighted by Crippen LogP contribution is -2.25. The zero-order valence-electron chi connectivity index (χ0n) is 9.53. The predicted molar refractivity (Wildman–Crippen MR) is 69.8 cm³/mol. The SMILES string of the molecule is CC#CCCNc1cnn(CCO)c(=O)c1Br. The monoisotopic (exact) mass is 299 g/mol. The van der Waals surface area contributed by atoms with Crippen molar-refractivity contribution in [2.45, 2.75) is 19.9 Å². The highest BCUT2D eigenvalue weighted by Crippen LogP contribution is 2.15. The van der Waals surface area contributed by atoms with Gasteiger partial charge in [-0.1, -0.05) is 0 Å². The van der Waals surface area contributed by atoms with Crippen molar-refractivity contribution in [3.05, 3.63) is 21.0 Å². The second kappa shape index (κ2) is 7.09. The molecule has 0 aliphatic heterocycles. The minimum atomic E-state index is -0.259. The molecule has 2 N–H and O–H groups in total. The summed E-state index contributed by atoms with van der Waals surface area (Å²) in [5, 5.41) is 15.8. The number of rotatable bonds is 5. The molecule has 1 aromatic heterocycles. The van der Waals surface area contributed by atoms with Gasteiger partial charge in [-0.3, -0.25) is 4.79 Å². The van der Waals surface area contributed by atoms with Crippen molar-refractivity contribution in [1.82, 2.24) is 9.78 Å². The molecule has 0 radical (unpaired) electrons. The maximum Gasteiger partial charge on any atom is 0.283 e. The summed E-state index contributed by atoms with van der Waals surface area (Å²) in [6, 6.07) is 0. The van der Waals surface area contributed by atoms with Crippen LogP contribution in [0.15, 0.2) is 15.5 Å². The van der Waals surface area contributed by atoms with Crippen molar-refractivity contribution in [1.29, 1.82) is 0 Å². The van der Waals surface area contributed by atoms with Crippen molar-refractivity contribution in [3.63, 3.8) is 0 Å². The third-order valence-corrected chi connectivity index (χ3v) is 2.81. The van der Waals surface area contributed by atoms with Crippen LogP contribution in [0, 0.1) is 11.8 Å². The molecular formula is C11H14BrN3O2. The summed E-state index contributed by atoms with van der Waals surface area (Å²) < 4.78 is 1.63. The second-order valence-corrected chi connectivity index (χ2v) is 4.02. The zero-order valence-corrected chi connectivity index (χ0v) is 11.1. The first-order valence-electron chi connectivity index (χ1n) is 5.20. The Bertz CT molecular complexity index is 488. The van der Waals surface area contributed by atoms with Gasteiger partial charge in [0, 0.05) is 13.0 Å². The van der Waals surface area contributed by atoms with Gasteiger partial charge < -0.3 is 10.4 Å². The van der Waals surface area contributed by atoms with Crippen LogP contribution in [-0.2, 0) is 6.54 Å². The summed E-state index contributed by atoms with van der Waals surface area (Å²) in [7, 11) is 0. The molecule has 0 aromatic carbocycles. The fraction of sp³-hybridized carbons (Fsp3) is 0.455. The molecule has 92 valence electrons. The molecule has 0 saturated heterocycles. The molecule has 0 fully saturated rings. The van der Waals surface area contributed by atoms with Crippen molar-refractivity contribution < 1.29 is 5.11 Å². The lowest BCUT2D eigenvalue weighted by molar-refractivity contribution is 0.266. The maximum absolute atomic E-state index is 11.7. The van der Waals surface area contributed by atoms with E-state index in [1.807, 2.05) is 0 Å². The van der Waals surface area contributed by atoms with Gasteiger partial charge >= 0.3 is 0 Å². The summed E-state index contributed by atoms with van der Waals surface area (Å²) >= 11 is 3.22. The van der Waals surface area contributed by atoms with Crippen LogP contribution in [0.4, 0.5) is 5.69 Å². The first-order chi connectivity index (χ1) is 8.20. The Balaban J connectivity index is 2.77. The van der Waals surface area contributed by atoms with E-state index in [0.29, 0.717) is 23.1 Å². The number of anilines is 1. The van der Waals surface area contributed by atoms with Gasteiger partial charge in [-0.2, -0.15) is 5.10 Å². The van der Waals surface area contributed by atoms with E-state index in [0.717, 1.165) is 0 Å². The second-order valence-electron chi connectivity index (χ2n) is 3.23. The van der Waals surface area contributed by atoms with Gasteiger partial charge in [-0.25, -0.2) is 4.68 Å². The van der Waals surface area contributed by atoms with E-state index in [-0.39, 0.29) is 18.7 Å². The third kappa shape index (κ3) is 3.88. The Morgan fingerprint density at radius 1 is 1.65 bits per heavy atom. The van der Waals surface area contributed by atoms with Crippen LogP contribution in [0.1, 0.15) is 13.3 Å². The Morgan fingerprint density at radius 3 is 3.06 bits per heavy atom. The van der Waals surface area contributed by atoms with Crippen molar-refractivity contribution in [3.8, 4) is 11.8 Å². The van der Waals surface area contributed by atoms with Gasteiger partial charge in [-0.15, -0.1) is 11.8 Å². The fourth-order valence-corrected chi connectivity index (χ4v) is 1.67. The molecule has 1 rings (SSSR count). The number of halogens is 1. The minimum Gasteiger partial charge on any atom is -0.394 e. The van der Waals surface area contributed by atoms with Crippen LogP contribution in [-0.4, -0.2) is 28.0 Å². The van der Waals surface area contributed by atoms with Crippen LogP contribution in [0.5, 0.6) is 0 Å². The lowest BCUT2D eigenvalue weighted by Gasteiger charge is -2.08. The normalized spacial score (nSPS) is 9.59. The lowest BCUT2D eigenvalue weighted by atomic mass is 10.4. The van der Waals surface area contributed by atoms with Gasteiger partial charge in [0.15, 0.2) is 0 Å². The first-order valence-corrected chi connectivity index (χ1v) is 6.00. The van der Waals surface area contributed by atoms with Gasteiger partial charge in [0.25, 0.3) is 5.56 Å². The van der Waals surface area contributed by atoms with E-state index < -0.39 is 0 Å². The molecule has 0 bridgehead atoms. The number of aromatic nitrogens is 2. The van der Waals surface area contributed by atoms with Crippen LogP contribution in [0.3, 0.4) is 0 Å². The molecule has 0 spiro atoms. The highest BCUT2D eigenvalue weighted by Gasteiger charge is 2.07. The summed E-state index contributed by atoms with van der Waals surface area (Å²) in [4.78, 5) is 11.7. The van der Waals surface area contributed by atoms with Crippen molar-refractivity contribution >= 4 is 21.6 Å². The van der Waals surface area contributed by atoms with E-state index in [4.69, 9.17) is 5.11 Å². The van der Waals surface area contributed by atoms with E-state index >= 15 is 0 Å². The van der Waals surface area contributed by atoms with E-state index in [9.17, 15) is 4.79 Å². The average Bonchev–Trinajstić information content (AvgIpc) is 2.33. The van der Waals surface area contributed by atoms with Gasteiger partial charge in [-0.05, 0) is 22.9 Å². The standard InChI is InChI=1S/C11H14BrN3O2/c1-2-3-4-5-13-9-8-14-15(6-7-16)11(17)10(9)12/h8,13,16H,4-7H2,1H3. The molecule has 17 heavy (non-hydrogen) atoms. The molecule has 1 aromatic rings. The fourth-order valence-electron chi connectivity index (χ4n) is 1.23.